The lowest BCUT2D eigenvalue weighted by Gasteiger charge is -2.68. The number of hydrogen-bond acceptors (Lipinski definition) is 8. The van der Waals surface area contributed by atoms with Gasteiger partial charge in [-0.15, -0.1) is 35.7 Å². The van der Waals surface area contributed by atoms with Gasteiger partial charge in [-0.3, -0.25) is 4.79 Å². The second-order valence-electron chi connectivity index (χ2n) is 13.7. The Morgan fingerprint density at radius 3 is 2.18 bits per heavy atom. The molecule has 45 heavy (non-hydrogen) atoms. The van der Waals surface area contributed by atoms with E-state index in [0.29, 0.717) is 18.4 Å². The van der Waals surface area contributed by atoms with Crippen LogP contribution in [0, 0.1) is 28.6 Å². The van der Waals surface area contributed by atoms with Crippen LogP contribution in [0.5, 0.6) is 0 Å². The third kappa shape index (κ3) is 6.32. The van der Waals surface area contributed by atoms with Gasteiger partial charge in [-0.1, -0.05) is 51.5 Å². The molecule has 0 aromatic heterocycles. The van der Waals surface area contributed by atoms with Gasteiger partial charge >= 0.3 is 11.9 Å². The van der Waals surface area contributed by atoms with E-state index >= 15 is 0 Å². The van der Waals surface area contributed by atoms with Crippen molar-refractivity contribution in [1.82, 2.24) is 0 Å². The molecule has 3 fully saturated rings. The molecule has 1 aromatic carbocycles. The summed E-state index contributed by atoms with van der Waals surface area (Å²) in [6.07, 6.45) is -2.80. The number of aliphatic hydroxyl groups excluding tert-OH is 2. The van der Waals surface area contributed by atoms with Crippen LogP contribution in [-0.2, 0) is 23.5 Å². The molecule has 3 aliphatic carbocycles. The van der Waals surface area contributed by atoms with Crippen molar-refractivity contribution in [1.29, 1.82) is 0 Å². The van der Waals surface area contributed by atoms with E-state index in [0.717, 1.165) is 11.1 Å². The SMILES string of the molecule is CC(=O)O[C@@]12CO[C@@H]1C[C@H](OP(P(P)P)P(P)P)[C@@]1(C)[C@H](O)[C@H](C)C3=C(C)[C@@H](O)CC([C@@H](OC(=O)c4ccccc4)[C@H]21)C3(C)C. The van der Waals surface area contributed by atoms with Crippen molar-refractivity contribution in [3.05, 3.63) is 47.0 Å². The average molecular weight is 753 g/mol. The second kappa shape index (κ2) is 13.8. The Bertz CT molecular complexity index is 1320. The van der Waals surface area contributed by atoms with Crippen molar-refractivity contribution in [3.63, 3.8) is 0 Å². The summed E-state index contributed by atoms with van der Waals surface area (Å²) in [5, 5.41) is 24.3. The van der Waals surface area contributed by atoms with Crippen LogP contribution in [0.4, 0.5) is 0 Å². The van der Waals surface area contributed by atoms with Crippen molar-refractivity contribution < 1.29 is 38.5 Å². The fraction of sp³-hybridized carbons (Fsp3) is 0.667. The molecule has 2 saturated carbocycles. The average Bonchev–Trinajstić information content (AvgIpc) is 2.95. The number of esters is 2. The number of hydrogen-bond donors (Lipinski definition) is 2. The highest BCUT2D eigenvalue weighted by atomic mass is 33.0. The second-order valence-corrected chi connectivity index (χ2v) is 37.3. The summed E-state index contributed by atoms with van der Waals surface area (Å²) in [4.78, 5) is 26.9. The molecule has 1 aliphatic heterocycles. The maximum absolute atomic E-state index is 14.0. The molecule has 2 bridgehead atoms. The Kier molecular flexibility index (Phi) is 11.4. The number of rotatable bonds is 7. The first-order valence-electron chi connectivity index (χ1n) is 15.2. The number of benzene rings is 1. The number of carbonyl (C=O) groups is 2. The van der Waals surface area contributed by atoms with Gasteiger partial charge in [-0.05, 0) is 50.4 Å². The van der Waals surface area contributed by atoms with E-state index in [1.807, 2.05) is 26.8 Å². The van der Waals surface area contributed by atoms with Gasteiger partial charge in [0.05, 0.1) is 43.9 Å². The fourth-order valence-corrected chi connectivity index (χ4v) is 41.9. The van der Waals surface area contributed by atoms with Crippen molar-refractivity contribution in [2.75, 3.05) is 6.61 Å². The van der Waals surface area contributed by atoms with E-state index in [9.17, 15) is 19.8 Å². The lowest BCUT2D eigenvalue weighted by molar-refractivity contribution is -0.349. The zero-order valence-corrected chi connectivity index (χ0v) is 33.9. The van der Waals surface area contributed by atoms with Gasteiger partial charge in [0.25, 0.3) is 0 Å². The minimum atomic E-state index is -1.15. The van der Waals surface area contributed by atoms with Gasteiger partial charge in [0.2, 0.25) is 0 Å². The predicted octanol–water partition coefficient (Wildman–Crippen LogP) is 7.41. The first-order chi connectivity index (χ1) is 21.0. The van der Waals surface area contributed by atoms with Gasteiger partial charge in [0.1, 0.15) is 12.2 Å². The molecule has 1 aromatic rings. The van der Waals surface area contributed by atoms with Crippen molar-refractivity contribution in [3.8, 4) is 0 Å². The van der Waals surface area contributed by atoms with E-state index in [1.165, 1.54) is 6.92 Å². The standard InChI is InChI=1S/C30H47O8P7/c1-15-20(32)12-19-24(36-27(34)18-10-8-7-9-11-18)25-29(6,26(33)16(2)23(15)28(19,4)5)21(38-43(44(39)40)45(41)42)13-22-30(25,14-35-22)37-17(3)31/h7-11,16,19-22,24-26,32-33H,12-14,39-42H2,1-6H3/t16-,19?,20+,21+,22-,24-,25+,26-,29-,30+/m1/s1. The van der Waals surface area contributed by atoms with Gasteiger partial charge in [0, 0.05) is 30.6 Å². The third-order valence-corrected chi connectivity index (χ3v) is 33.3. The Hall–Kier alpha value is 0.750. The Morgan fingerprint density at radius 1 is 1.02 bits per heavy atom. The first kappa shape index (κ1) is 37.0. The first-order valence-corrected chi connectivity index (χ1v) is 27.0. The monoisotopic (exact) mass is 752 g/mol. The summed E-state index contributed by atoms with van der Waals surface area (Å²) in [6.45, 7) is 10.5. The molecule has 5 unspecified atom stereocenters. The fourth-order valence-electron chi connectivity index (χ4n) is 8.96. The summed E-state index contributed by atoms with van der Waals surface area (Å²) in [5.41, 5.74) is -0.508. The van der Waals surface area contributed by atoms with Crippen molar-refractivity contribution >= 4 is 69.2 Å². The Balaban J connectivity index is 1.78. The summed E-state index contributed by atoms with van der Waals surface area (Å²) < 4.78 is 26.3. The molecule has 0 amide bonds. The smallest absolute Gasteiger partial charge is 0.338 e. The largest absolute Gasteiger partial charge is 0.458 e. The van der Waals surface area contributed by atoms with E-state index in [4.69, 9.17) is 18.7 Å². The lowest BCUT2D eigenvalue weighted by Crippen LogP contribution is -2.79. The molecule has 1 heterocycles. The van der Waals surface area contributed by atoms with Gasteiger partial charge in [0.15, 0.2) is 5.60 Å². The van der Waals surface area contributed by atoms with E-state index in [2.05, 4.69) is 49.6 Å². The number of carbonyl (C=O) groups excluding carboxylic acids is 2. The Labute approximate surface area is 279 Å². The molecular weight excluding hydrogens is 705 g/mol. The van der Waals surface area contributed by atoms with Crippen molar-refractivity contribution in [2.45, 2.75) is 90.5 Å². The zero-order chi connectivity index (χ0) is 33.2. The Morgan fingerprint density at radius 2 is 1.64 bits per heavy atom. The van der Waals surface area contributed by atoms with Crippen LogP contribution < -0.4 is 0 Å². The molecule has 250 valence electrons. The number of fused-ring (bicyclic) bond motifs is 5. The summed E-state index contributed by atoms with van der Waals surface area (Å²) >= 11 is 0. The summed E-state index contributed by atoms with van der Waals surface area (Å²) in [5.74, 6) is -2.36. The summed E-state index contributed by atoms with van der Waals surface area (Å²) in [7, 11) is 10.7. The molecular formula is C30H47O8P7. The molecule has 2 N–H and O–H groups in total. The third-order valence-electron chi connectivity index (χ3n) is 10.9. The predicted molar refractivity (Wildman–Crippen MR) is 196 cm³/mol. The van der Waals surface area contributed by atoms with Crippen LogP contribution in [-0.4, -0.2) is 64.9 Å². The molecule has 14 atom stereocenters. The summed E-state index contributed by atoms with van der Waals surface area (Å²) in [6, 6.07) is 8.86. The number of aliphatic hydroxyl groups is 2. The number of ether oxygens (including phenoxy) is 3. The topological polar surface area (TPSA) is 112 Å². The van der Waals surface area contributed by atoms with Crippen molar-refractivity contribution in [2.24, 2.45) is 28.6 Å². The highest BCUT2D eigenvalue weighted by Gasteiger charge is 2.75. The van der Waals surface area contributed by atoms with Crippen LogP contribution in [0.15, 0.2) is 41.5 Å². The van der Waals surface area contributed by atoms with Crippen LogP contribution in [0.1, 0.15) is 64.7 Å². The quantitative estimate of drug-likeness (QED) is 0.168. The lowest BCUT2D eigenvalue weighted by atomic mass is 9.44. The molecule has 15 heteroatoms. The van der Waals surface area contributed by atoms with Crippen LogP contribution in [0.3, 0.4) is 0 Å². The van der Waals surface area contributed by atoms with Crippen LogP contribution in [0.2, 0.25) is 0 Å². The van der Waals surface area contributed by atoms with Gasteiger partial charge in [-0.2, -0.15) is 0 Å². The van der Waals surface area contributed by atoms with E-state index in [1.54, 1.807) is 24.3 Å². The van der Waals surface area contributed by atoms with Gasteiger partial charge < -0.3 is 28.9 Å². The van der Waals surface area contributed by atoms with E-state index in [-0.39, 0.29) is 18.4 Å². The van der Waals surface area contributed by atoms with Crippen LogP contribution in [0.25, 0.3) is 0 Å². The molecule has 8 nitrogen and oxygen atoms in total. The minimum Gasteiger partial charge on any atom is -0.458 e. The minimum absolute atomic E-state index is 0.122. The maximum atomic E-state index is 14.0. The van der Waals surface area contributed by atoms with Crippen LogP contribution >= 0.6 is 57.2 Å². The maximum Gasteiger partial charge on any atom is 0.338 e. The molecule has 1 saturated heterocycles. The highest BCUT2D eigenvalue weighted by Crippen LogP contribution is 2.98. The highest BCUT2D eigenvalue weighted by molar-refractivity contribution is 8.96. The molecule has 0 radical (unpaired) electrons. The molecule has 0 spiro atoms. The normalized spacial score (nSPS) is 39.0. The molecule has 5 rings (SSSR count). The van der Waals surface area contributed by atoms with E-state index < -0.39 is 86.3 Å². The molecule has 4 aliphatic rings. The van der Waals surface area contributed by atoms with Gasteiger partial charge in [-0.25, -0.2) is 4.79 Å². The zero-order valence-electron chi connectivity index (χ0n) is 26.6.